The van der Waals surface area contributed by atoms with Crippen molar-refractivity contribution in [2.45, 2.75) is 12.8 Å². The van der Waals surface area contributed by atoms with E-state index in [2.05, 4.69) is 0 Å². The molecule has 0 atom stereocenters. The molecule has 0 aliphatic heterocycles. The van der Waals surface area contributed by atoms with Crippen LogP contribution in [0.4, 0.5) is 8.78 Å². The van der Waals surface area contributed by atoms with Crippen LogP contribution in [0.1, 0.15) is 18.4 Å². The number of nitrogens with two attached hydrogens (primary N) is 1. The first-order chi connectivity index (χ1) is 8.58. The van der Waals surface area contributed by atoms with Gasteiger partial charge in [-0.15, -0.1) is 0 Å². The third-order valence-electron chi connectivity index (χ3n) is 2.64. The van der Waals surface area contributed by atoms with Gasteiger partial charge in [0.1, 0.15) is 11.6 Å². The Morgan fingerprint density at radius 1 is 1.22 bits per heavy atom. The van der Waals surface area contributed by atoms with Gasteiger partial charge in [0.25, 0.3) is 0 Å². The van der Waals surface area contributed by atoms with Crippen molar-refractivity contribution in [3.8, 4) is 0 Å². The first-order valence-corrected chi connectivity index (χ1v) is 5.94. The lowest BCUT2D eigenvalue weighted by molar-refractivity contribution is 0.576. The highest BCUT2D eigenvalue weighted by molar-refractivity contribution is 6.30. The second-order valence-electron chi connectivity index (χ2n) is 4.03. The summed E-state index contributed by atoms with van der Waals surface area (Å²) in [5.41, 5.74) is 6.41. The van der Waals surface area contributed by atoms with E-state index in [1.807, 2.05) is 18.2 Å². The van der Waals surface area contributed by atoms with E-state index < -0.39 is 11.6 Å². The van der Waals surface area contributed by atoms with Crippen molar-refractivity contribution in [3.63, 3.8) is 0 Å². The summed E-state index contributed by atoms with van der Waals surface area (Å²) in [7, 11) is 0. The van der Waals surface area contributed by atoms with E-state index in [0.29, 0.717) is 0 Å². The quantitative estimate of drug-likeness (QED) is 0.854. The van der Waals surface area contributed by atoms with E-state index in [9.17, 15) is 8.78 Å². The molecule has 0 spiro atoms. The van der Waals surface area contributed by atoms with Gasteiger partial charge >= 0.3 is 0 Å². The van der Waals surface area contributed by atoms with E-state index in [0.717, 1.165) is 30.5 Å². The zero-order valence-corrected chi connectivity index (χ0v) is 10.3. The minimum Gasteiger partial charge on any atom is -0.398 e. The van der Waals surface area contributed by atoms with E-state index in [4.69, 9.17) is 17.3 Å². The number of hydrogen-bond donors (Lipinski definition) is 1. The minimum atomic E-state index is -0.755. The molecule has 0 fully saturated rings. The Balaban J connectivity index is 2.40. The van der Waals surface area contributed by atoms with Gasteiger partial charge < -0.3 is 5.73 Å². The predicted octanol–water partition coefficient (Wildman–Crippen LogP) is 4.19. The van der Waals surface area contributed by atoms with Crippen LogP contribution < -0.4 is 5.73 Å². The van der Waals surface area contributed by atoms with Gasteiger partial charge in [0, 0.05) is 10.7 Å². The highest BCUT2D eigenvalue weighted by Gasteiger charge is 2.13. The lowest BCUT2D eigenvalue weighted by Crippen LogP contribution is -2.03. The first kappa shape index (κ1) is 12.8. The summed E-state index contributed by atoms with van der Waals surface area (Å²) < 4.78 is 27.3. The van der Waals surface area contributed by atoms with Crippen LogP contribution in [-0.2, 0) is 0 Å². The molecule has 1 aliphatic rings. The molecule has 0 bridgehead atoms. The minimum absolute atomic E-state index is 0.0123. The van der Waals surface area contributed by atoms with Crippen LogP contribution in [0.15, 0.2) is 42.0 Å². The molecule has 2 rings (SSSR count). The molecular weight excluding hydrogens is 256 g/mol. The summed E-state index contributed by atoms with van der Waals surface area (Å²) in [6.45, 7) is 0. The van der Waals surface area contributed by atoms with Crippen molar-refractivity contribution in [1.82, 2.24) is 0 Å². The van der Waals surface area contributed by atoms with Gasteiger partial charge in [-0.25, -0.2) is 8.78 Å². The van der Waals surface area contributed by atoms with E-state index in [-0.39, 0.29) is 16.3 Å². The Kier molecular flexibility index (Phi) is 3.82. The number of rotatable bonds is 2. The second kappa shape index (κ2) is 5.36. The number of halogens is 3. The van der Waals surface area contributed by atoms with Gasteiger partial charge in [-0.3, -0.25) is 0 Å². The fourth-order valence-corrected chi connectivity index (χ4v) is 2.00. The van der Waals surface area contributed by atoms with Crippen LogP contribution >= 0.6 is 11.6 Å². The third-order valence-corrected chi connectivity index (χ3v) is 2.86. The predicted molar refractivity (Wildman–Crippen MR) is 70.0 cm³/mol. The summed E-state index contributed by atoms with van der Waals surface area (Å²) >= 11 is 5.56. The molecule has 1 nitrogen and oxygen atoms in total. The molecule has 0 radical (unpaired) electrons. The average molecular weight is 268 g/mol. The molecule has 0 aromatic heterocycles. The number of allylic oxidation sites excluding steroid dienone is 5. The fourth-order valence-electron chi connectivity index (χ4n) is 1.81. The van der Waals surface area contributed by atoms with Crippen molar-refractivity contribution in [2.24, 2.45) is 5.73 Å². The average Bonchev–Trinajstić information content (AvgIpc) is 2.28. The van der Waals surface area contributed by atoms with Crippen LogP contribution in [0, 0.1) is 11.6 Å². The molecule has 0 saturated heterocycles. The van der Waals surface area contributed by atoms with Gasteiger partial charge in [0.05, 0.1) is 5.56 Å². The van der Waals surface area contributed by atoms with Gasteiger partial charge in [0.2, 0.25) is 0 Å². The Bertz CT molecular complexity index is 536. The molecule has 0 saturated carbocycles. The molecule has 0 unspecified atom stereocenters. The molecule has 1 aromatic rings. The maximum atomic E-state index is 13.6. The highest BCUT2D eigenvalue weighted by atomic mass is 35.5. The standard InChI is InChI=1S/C14H12ClF2N/c15-10-7-11(16)14(12(17)8-10)13(18)6-9-4-2-1-3-5-9/h2,4-8H,1,3,18H2/b13-6+. The molecular formula is C14H12ClF2N. The first-order valence-electron chi connectivity index (χ1n) is 5.56. The zero-order chi connectivity index (χ0) is 13.1. The molecule has 94 valence electrons. The van der Waals surface area contributed by atoms with Crippen molar-refractivity contribution in [1.29, 1.82) is 0 Å². The summed E-state index contributed by atoms with van der Waals surface area (Å²) in [6, 6.07) is 2.09. The lowest BCUT2D eigenvalue weighted by atomic mass is 10.0. The van der Waals surface area contributed by atoms with Gasteiger partial charge in [-0.1, -0.05) is 29.8 Å². The van der Waals surface area contributed by atoms with Crippen molar-refractivity contribution < 1.29 is 8.78 Å². The summed E-state index contributed by atoms with van der Waals surface area (Å²) in [5.74, 6) is -1.51. The van der Waals surface area contributed by atoms with E-state index in [1.54, 1.807) is 6.08 Å². The van der Waals surface area contributed by atoms with Crippen LogP contribution in [-0.4, -0.2) is 0 Å². The Morgan fingerprint density at radius 3 is 2.44 bits per heavy atom. The largest absolute Gasteiger partial charge is 0.398 e. The van der Waals surface area contributed by atoms with Crippen molar-refractivity contribution in [2.75, 3.05) is 0 Å². The normalized spacial score (nSPS) is 15.7. The molecule has 18 heavy (non-hydrogen) atoms. The molecule has 4 heteroatoms. The molecule has 0 heterocycles. The van der Waals surface area contributed by atoms with E-state index >= 15 is 0 Å². The number of benzene rings is 1. The molecule has 2 N–H and O–H groups in total. The molecule has 1 aliphatic carbocycles. The Morgan fingerprint density at radius 2 is 1.89 bits per heavy atom. The van der Waals surface area contributed by atoms with Gasteiger partial charge in [-0.2, -0.15) is 0 Å². The van der Waals surface area contributed by atoms with Gasteiger partial charge in [-0.05, 0) is 36.6 Å². The molecule has 1 aromatic carbocycles. The zero-order valence-electron chi connectivity index (χ0n) is 9.59. The summed E-state index contributed by atoms with van der Waals surface area (Å²) in [4.78, 5) is 0. The lowest BCUT2D eigenvalue weighted by Gasteiger charge is -2.08. The van der Waals surface area contributed by atoms with Crippen molar-refractivity contribution in [3.05, 3.63) is 64.2 Å². The van der Waals surface area contributed by atoms with Gasteiger partial charge in [0.15, 0.2) is 0 Å². The van der Waals surface area contributed by atoms with Crippen LogP contribution in [0.3, 0.4) is 0 Å². The molecule has 0 amide bonds. The van der Waals surface area contributed by atoms with E-state index in [1.165, 1.54) is 0 Å². The number of hydrogen-bond acceptors (Lipinski definition) is 1. The van der Waals surface area contributed by atoms with Crippen LogP contribution in [0.25, 0.3) is 5.70 Å². The second-order valence-corrected chi connectivity index (χ2v) is 4.46. The maximum absolute atomic E-state index is 13.6. The fraction of sp³-hybridized carbons (Fsp3) is 0.143. The Hall–Kier alpha value is -1.61. The monoisotopic (exact) mass is 267 g/mol. The summed E-state index contributed by atoms with van der Waals surface area (Å²) in [6.07, 6.45) is 9.28. The Labute approximate surface area is 109 Å². The smallest absolute Gasteiger partial charge is 0.136 e. The summed E-state index contributed by atoms with van der Waals surface area (Å²) in [5, 5.41) is 0.0123. The topological polar surface area (TPSA) is 26.0 Å². The SMILES string of the molecule is N/C(=C/C1=CCCC=C1)c1c(F)cc(Cl)cc1F. The maximum Gasteiger partial charge on any atom is 0.136 e. The van der Waals surface area contributed by atoms with Crippen LogP contribution in [0.5, 0.6) is 0 Å². The van der Waals surface area contributed by atoms with Crippen molar-refractivity contribution >= 4 is 17.3 Å². The third kappa shape index (κ3) is 2.79. The van der Waals surface area contributed by atoms with Crippen LogP contribution in [0.2, 0.25) is 5.02 Å². The highest BCUT2D eigenvalue weighted by Crippen LogP contribution is 2.24.